The van der Waals surface area contributed by atoms with E-state index in [0.29, 0.717) is 15.1 Å². The van der Waals surface area contributed by atoms with Crippen molar-refractivity contribution in [3.8, 4) is 0 Å². The molecule has 21 heavy (non-hydrogen) atoms. The zero-order valence-electron chi connectivity index (χ0n) is 11.0. The molecule has 0 aliphatic carbocycles. The number of fused-ring (bicyclic) bond motifs is 1. The first kappa shape index (κ1) is 15.2. The Morgan fingerprint density at radius 1 is 1.19 bits per heavy atom. The summed E-state index contributed by atoms with van der Waals surface area (Å²) in [5.74, 6) is 0.0663. The van der Waals surface area contributed by atoms with Crippen molar-refractivity contribution in [2.24, 2.45) is 0 Å². The second-order valence-electron chi connectivity index (χ2n) is 4.96. The highest BCUT2D eigenvalue weighted by Crippen LogP contribution is 2.41. The number of halogens is 3. The van der Waals surface area contributed by atoms with Gasteiger partial charge >= 0.3 is 0 Å². The predicted octanol–water partition coefficient (Wildman–Crippen LogP) is 5.66. The monoisotopic (exact) mass is 359 g/mol. The van der Waals surface area contributed by atoms with Gasteiger partial charge in [0.1, 0.15) is 0 Å². The second-order valence-corrected chi connectivity index (χ2v) is 7.68. The average Bonchev–Trinajstić information content (AvgIpc) is 2.67. The van der Waals surface area contributed by atoms with Crippen LogP contribution in [0.15, 0.2) is 24.3 Å². The number of hydrogen-bond donors (Lipinski definition) is 1. The summed E-state index contributed by atoms with van der Waals surface area (Å²) in [5.41, 5.74) is 3.77. The van der Waals surface area contributed by atoms with E-state index < -0.39 is 0 Å². The van der Waals surface area contributed by atoms with E-state index in [9.17, 15) is 4.79 Å². The summed E-state index contributed by atoms with van der Waals surface area (Å²) in [6, 6.07) is 7.68. The summed E-state index contributed by atoms with van der Waals surface area (Å²) in [5, 5.41) is 2.57. The molecular weight excluding hydrogens is 349 g/mol. The molecule has 0 saturated heterocycles. The van der Waals surface area contributed by atoms with E-state index in [4.69, 9.17) is 34.8 Å². The van der Waals surface area contributed by atoms with Crippen molar-refractivity contribution >= 4 is 57.7 Å². The first-order valence-electron chi connectivity index (χ1n) is 6.56. The maximum Gasteiger partial charge on any atom is 0.224 e. The molecule has 1 N–H and O–H groups in total. The molecule has 110 valence electrons. The summed E-state index contributed by atoms with van der Waals surface area (Å²) in [6.07, 6.45) is 2.27. The summed E-state index contributed by atoms with van der Waals surface area (Å²) in [6.45, 7) is 0. The number of hydrogen-bond acceptors (Lipinski definition) is 2. The van der Waals surface area contributed by atoms with Gasteiger partial charge in [0.05, 0.1) is 14.0 Å². The summed E-state index contributed by atoms with van der Waals surface area (Å²) < 4.78 is 1.24. The number of nitrogens with one attached hydrogen (secondary N) is 1. The first-order valence-corrected chi connectivity index (χ1v) is 8.57. The topological polar surface area (TPSA) is 29.1 Å². The van der Waals surface area contributed by atoms with Crippen LogP contribution in [-0.2, 0) is 11.2 Å². The predicted molar refractivity (Wildman–Crippen MR) is 90.0 cm³/mol. The molecule has 0 saturated carbocycles. The fourth-order valence-corrected chi connectivity index (χ4v) is 4.42. The van der Waals surface area contributed by atoms with Crippen molar-refractivity contribution in [2.45, 2.75) is 24.6 Å². The largest absolute Gasteiger partial charge is 0.326 e. The maximum atomic E-state index is 11.6. The molecule has 1 aromatic carbocycles. The Bertz CT molecular complexity index is 698. The molecule has 1 atom stereocenters. The van der Waals surface area contributed by atoms with Crippen molar-refractivity contribution in [1.82, 2.24) is 0 Å². The van der Waals surface area contributed by atoms with Gasteiger partial charge in [-0.3, -0.25) is 4.79 Å². The third-order valence-corrected chi connectivity index (χ3v) is 5.51. The molecular formula is C15H12Cl3NOS. The normalized spacial score (nSPS) is 16.0. The van der Waals surface area contributed by atoms with Gasteiger partial charge in [0.2, 0.25) is 5.91 Å². The number of amides is 1. The van der Waals surface area contributed by atoms with E-state index in [-0.39, 0.29) is 11.3 Å². The molecule has 6 heteroatoms. The Balaban J connectivity index is 1.95. The van der Waals surface area contributed by atoms with Crippen LogP contribution in [0.2, 0.25) is 8.67 Å². The number of anilines is 1. The molecule has 1 amide bonds. The molecule has 1 aliphatic rings. The number of carbonyl (C=O) groups is 1. The van der Waals surface area contributed by atoms with Crippen LogP contribution >= 0.6 is 46.1 Å². The van der Waals surface area contributed by atoms with Gasteiger partial charge in [-0.05, 0) is 36.1 Å². The SMILES string of the molecule is O=C1CCCc2cc(C(Cl)c3cc(Cl)sc3Cl)ccc2N1. The fraction of sp³-hybridized carbons (Fsp3) is 0.267. The van der Waals surface area contributed by atoms with Gasteiger partial charge in [0, 0.05) is 17.7 Å². The lowest BCUT2D eigenvalue weighted by molar-refractivity contribution is -0.116. The standard InChI is InChI=1S/C15H12Cl3NOS/c16-12-7-10(15(18)21-12)14(17)9-4-5-11-8(6-9)2-1-3-13(20)19-11/h4-7,14H,1-3H2,(H,19,20). The smallest absolute Gasteiger partial charge is 0.224 e. The number of benzene rings is 1. The van der Waals surface area contributed by atoms with Gasteiger partial charge in [-0.1, -0.05) is 35.3 Å². The van der Waals surface area contributed by atoms with Crippen LogP contribution in [0.25, 0.3) is 0 Å². The minimum Gasteiger partial charge on any atom is -0.326 e. The zero-order chi connectivity index (χ0) is 15.0. The number of alkyl halides is 1. The van der Waals surface area contributed by atoms with Gasteiger partial charge in [-0.25, -0.2) is 0 Å². The highest BCUT2D eigenvalue weighted by molar-refractivity contribution is 7.20. The van der Waals surface area contributed by atoms with E-state index in [1.807, 2.05) is 18.2 Å². The number of thiophene rings is 1. The van der Waals surface area contributed by atoms with E-state index in [0.717, 1.165) is 35.2 Å². The van der Waals surface area contributed by atoms with E-state index >= 15 is 0 Å². The molecule has 1 aromatic heterocycles. The molecule has 1 aliphatic heterocycles. The van der Waals surface area contributed by atoms with E-state index in [1.54, 1.807) is 6.07 Å². The van der Waals surface area contributed by atoms with Gasteiger partial charge in [-0.15, -0.1) is 22.9 Å². The van der Waals surface area contributed by atoms with E-state index in [1.165, 1.54) is 11.3 Å². The highest BCUT2D eigenvalue weighted by Gasteiger charge is 2.20. The summed E-state index contributed by atoms with van der Waals surface area (Å²) in [4.78, 5) is 11.6. The minimum absolute atomic E-state index is 0.0663. The highest BCUT2D eigenvalue weighted by atomic mass is 35.5. The van der Waals surface area contributed by atoms with Crippen LogP contribution in [0.5, 0.6) is 0 Å². The quantitative estimate of drug-likeness (QED) is 0.688. The summed E-state index contributed by atoms with van der Waals surface area (Å²) in [7, 11) is 0. The molecule has 2 heterocycles. The Hall–Kier alpha value is -0.740. The minimum atomic E-state index is -0.342. The van der Waals surface area contributed by atoms with Crippen LogP contribution in [0.4, 0.5) is 5.69 Å². The van der Waals surface area contributed by atoms with Crippen molar-refractivity contribution in [3.63, 3.8) is 0 Å². The molecule has 2 nitrogen and oxygen atoms in total. The van der Waals surface area contributed by atoms with Gasteiger partial charge < -0.3 is 5.32 Å². The third kappa shape index (κ3) is 3.21. The fourth-order valence-electron chi connectivity index (χ4n) is 2.46. The lowest BCUT2D eigenvalue weighted by Crippen LogP contribution is -2.09. The van der Waals surface area contributed by atoms with Crippen LogP contribution in [-0.4, -0.2) is 5.91 Å². The van der Waals surface area contributed by atoms with Crippen LogP contribution in [0, 0.1) is 0 Å². The number of rotatable bonds is 2. The molecule has 0 spiro atoms. The molecule has 1 unspecified atom stereocenters. The maximum absolute atomic E-state index is 11.6. The van der Waals surface area contributed by atoms with Crippen LogP contribution in [0.1, 0.15) is 34.9 Å². The zero-order valence-corrected chi connectivity index (χ0v) is 14.0. The number of aryl methyl sites for hydroxylation is 1. The van der Waals surface area contributed by atoms with Crippen LogP contribution < -0.4 is 5.32 Å². The molecule has 2 aromatic rings. The van der Waals surface area contributed by atoms with Crippen LogP contribution in [0.3, 0.4) is 0 Å². The van der Waals surface area contributed by atoms with Crippen molar-refractivity contribution in [1.29, 1.82) is 0 Å². The Morgan fingerprint density at radius 3 is 2.71 bits per heavy atom. The molecule has 0 bridgehead atoms. The molecule has 0 fully saturated rings. The Kier molecular flexibility index (Phi) is 4.46. The summed E-state index contributed by atoms with van der Waals surface area (Å²) >= 11 is 20.0. The second kappa shape index (κ2) is 6.17. The Labute approximate surface area is 142 Å². The van der Waals surface area contributed by atoms with E-state index in [2.05, 4.69) is 5.32 Å². The van der Waals surface area contributed by atoms with Crippen molar-refractivity contribution in [3.05, 3.63) is 49.6 Å². The van der Waals surface area contributed by atoms with Gasteiger partial charge in [0.25, 0.3) is 0 Å². The van der Waals surface area contributed by atoms with Crippen molar-refractivity contribution < 1.29 is 4.79 Å². The van der Waals surface area contributed by atoms with Crippen molar-refractivity contribution in [2.75, 3.05) is 5.32 Å². The number of carbonyl (C=O) groups excluding carboxylic acids is 1. The molecule has 0 radical (unpaired) electrons. The lowest BCUT2D eigenvalue weighted by atomic mass is 10.0. The van der Waals surface area contributed by atoms with Gasteiger partial charge in [-0.2, -0.15) is 0 Å². The third-order valence-electron chi connectivity index (χ3n) is 3.50. The van der Waals surface area contributed by atoms with Gasteiger partial charge in [0.15, 0.2) is 0 Å². The average molecular weight is 361 g/mol. The first-order chi connectivity index (χ1) is 10.0. The lowest BCUT2D eigenvalue weighted by Gasteiger charge is -2.13. The molecule has 3 rings (SSSR count). The Morgan fingerprint density at radius 2 is 2.00 bits per heavy atom.